The summed E-state index contributed by atoms with van der Waals surface area (Å²) >= 11 is 5.76. The van der Waals surface area contributed by atoms with Gasteiger partial charge in [-0.05, 0) is 44.2 Å². The molecule has 0 aromatic heterocycles. The van der Waals surface area contributed by atoms with Gasteiger partial charge in [-0.25, -0.2) is 4.39 Å². The average molecular weight is 401 g/mol. The molecule has 0 bridgehead atoms. The highest BCUT2D eigenvalue weighted by Crippen LogP contribution is 2.36. The van der Waals surface area contributed by atoms with E-state index in [4.69, 9.17) is 25.3 Å². The summed E-state index contributed by atoms with van der Waals surface area (Å²) in [4.78, 5) is 0.0634. The molecule has 1 heterocycles. The van der Waals surface area contributed by atoms with E-state index in [1.807, 2.05) is 6.92 Å². The molecule has 1 aliphatic heterocycles. The number of aryl methyl sites for hydroxylation is 1. The number of benzene rings is 2. The van der Waals surface area contributed by atoms with Crippen LogP contribution < -0.4 is 0 Å². The van der Waals surface area contributed by atoms with Crippen molar-refractivity contribution >= 4 is 21.7 Å². The summed E-state index contributed by atoms with van der Waals surface area (Å²) in [6.07, 6.45) is -0.657. The van der Waals surface area contributed by atoms with E-state index in [0.29, 0.717) is 0 Å². The summed E-state index contributed by atoms with van der Waals surface area (Å²) in [6, 6.07) is 10.5. The van der Waals surface area contributed by atoms with Crippen molar-refractivity contribution < 1.29 is 26.5 Å². The molecule has 1 aliphatic rings. The van der Waals surface area contributed by atoms with Crippen LogP contribution in [-0.4, -0.2) is 27.7 Å². The molecular formula is C18H18ClFO5S. The largest absolute Gasteiger partial charge is 0.343 e. The predicted octanol–water partition coefficient (Wildman–Crippen LogP) is 3.78. The fourth-order valence-electron chi connectivity index (χ4n) is 2.66. The number of rotatable bonds is 5. The number of ether oxygens (including phenoxy) is 2. The monoisotopic (exact) mass is 400 g/mol. The van der Waals surface area contributed by atoms with Crippen molar-refractivity contribution in [1.82, 2.24) is 0 Å². The van der Waals surface area contributed by atoms with E-state index in [1.165, 1.54) is 30.3 Å². The Balaban J connectivity index is 1.66. The first-order valence-electron chi connectivity index (χ1n) is 7.93. The zero-order valence-electron chi connectivity index (χ0n) is 14.2. The van der Waals surface area contributed by atoms with Crippen LogP contribution >= 0.6 is 11.6 Å². The second-order valence-corrected chi connectivity index (χ2v) is 8.22. The zero-order chi connectivity index (χ0) is 18.9. The molecule has 3 rings (SSSR count). The fraction of sp³-hybridized carbons (Fsp3) is 0.333. The van der Waals surface area contributed by atoms with Crippen molar-refractivity contribution in [2.75, 3.05) is 13.2 Å². The zero-order valence-corrected chi connectivity index (χ0v) is 15.8. The smallest absolute Gasteiger partial charge is 0.297 e. The van der Waals surface area contributed by atoms with Gasteiger partial charge in [0.1, 0.15) is 11.9 Å². The molecule has 0 spiro atoms. The maximum Gasteiger partial charge on any atom is 0.297 e. The van der Waals surface area contributed by atoms with Gasteiger partial charge in [0.2, 0.25) is 0 Å². The third-order valence-electron chi connectivity index (χ3n) is 4.08. The van der Waals surface area contributed by atoms with Gasteiger partial charge in [-0.1, -0.05) is 29.3 Å². The quantitative estimate of drug-likeness (QED) is 0.715. The second-order valence-electron chi connectivity index (χ2n) is 6.17. The first-order chi connectivity index (χ1) is 12.2. The predicted molar refractivity (Wildman–Crippen MR) is 93.9 cm³/mol. The number of hydrogen-bond donors (Lipinski definition) is 0. The molecule has 0 radical (unpaired) electrons. The normalized spacial score (nSPS) is 23.3. The van der Waals surface area contributed by atoms with Crippen LogP contribution in [0.4, 0.5) is 4.39 Å². The molecule has 8 heteroatoms. The molecule has 1 fully saturated rings. The van der Waals surface area contributed by atoms with E-state index in [1.54, 1.807) is 19.1 Å². The maximum absolute atomic E-state index is 14.1. The lowest BCUT2D eigenvalue weighted by Crippen LogP contribution is -2.27. The Morgan fingerprint density at radius 1 is 1.27 bits per heavy atom. The van der Waals surface area contributed by atoms with Crippen LogP contribution in [0.3, 0.4) is 0 Å². The molecule has 5 nitrogen and oxygen atoms in total. The molecular weight excluding hydrogens is 383 g/mol. The van der Waals surface area contributed by atoms with E-state index in [9.17, 15) is 12.8 Å². The summed E-state index contributed by atoms with van der Waals surface area (Å²) in [5.74, 6) is -1.90. The van der Waals surface area contributed by atoms with Crippen LogP contribution in [0.15, 0.2) is 47.4 Å². The lowest BCUT2D eigenvalue weighted by molar-refractivity contribution is -0.166. The van der Waals surface area contributed by atoms with Crippen LogP contribution in [0.25, 0.3) is 0 Å². The Bertz CT molecular complexity index is 900. The molecule has 26 heavy (non-hydrogen) atoms. The van der Waals surface area contributed by atoms with E-state index < -0.39 is 27.8 Å². The molecule has 0 aliphatic carbocycles. The topological polar surface area (TPSA) is 61.8 Å². The Labute approximate surface area is 156 Å². The van der Waals surface area contributed by atoms with Gasteiger partial charge in [0.05, 0.1) is 18.1 Å². The van der Waals surface area contributed by atoms with Crippen LogP contribution in [0.1, 0.15) is 18.1 Å². The highest BCUT2D eigenvalue weighted by molar-refractivity contribution is 7.86. The van der Waals surface area contributed by atoms with Crippen molar-refractivity contribution in [3.8, 4) is 0 Å². The second kappa shape index (κ2) is 7.25. The van der Waals surface area contributed by atoms with Crippen molar-refractivity contribution in [2.24, 2.45) is 0 Å². The molecule has 2 aromatic carbocycles. The van der Waals surface area contributed by atoms with E-state index in [-0.39, 0.29) is 28.7 Å². The van der Waals surface area contributed by atoms with E-state index >= 15 is 0 Å². The lowest BCUT2D eigenvalue weighted by atomic mass is 10.1. The molecule has 140 valence electrons. The van der Waals surface area contributed by atoms with Crippen molar-refractivity contribution in [1.29, 1.82) is 0 Å². The summed E-state index contributed by atoms with van der Waals surface area (Å²) < 4.78 is 54.9. The lowest BCUT2D eigenvalue weighted by Gasteiger charge is -2.24. The van der Waals surface area contributed by atoms with E-state index in [2.05, 4.69) is 0 Å². The van der Waals surface area contributed by atoms with Gasteiger partial charge in [0.15, 0.2) is 5.79 Å². The third kappa shape index (κ3) is 4.07. The molecule has 2 aromatic rings. The molecule has 0 saturated carbocycles. The Hall–Kier alpha value is -1.51. The first-order valence-corrected chi connectivity index (χ1v) is 9.72. The number of halogens is 2. The fourth-order valence-corrected chi connectivity index (χ4v) is 3.75. The summed E-state index contributed by atoms with van der Waals surface area (Å²) in [7, 11) is -3.91. The maximum atomic E-state index is 14.1. The van der Waals surface area contributed by atoms with Gasteiger partial charge >= 0.3 is 0 Å². The Kier molecular flexibility index (Phi) is 5.37. The molecule has 0 amide bonds. The Morgan fingerprint density at radius 2 is 1.96 bits per heavy atom. The van der Waals surface area contributed by atoms with Crippen molar-refractivity contribution in [3.05, 3.63) is 64.4 Å². The van der Waals surface area contributed by atoms with Crippen LogP contribution in [0, 0.1) is 12.7 Å². The summed E-state index contributed by atoms with van der Waals surface area (Å²) in [5, 5.41) is 0.261. The summed E-state index contributed by atoms with van der Waals surface area (Å²) in [5.41, 5.74) is 1.13. The highest BCUT2D eigenvalue weighted by atomic mass is 35.5. The Morgan fingerprint density at radius 3 is 2.62 bits per heavy atom. The summed E-state index contributed by atoms with van der Waals surface area (Å²) in [6.45, 7) is 3.26. The van der Waals surface area contributed by atoms with Crippen molar-refractivity contribution in [3.63, 3.8) is 0 Å². The molecule has 0 N–H and O–H groups in total. The van der Waals surface area contributed by atoms with Gasteiger partial charge in [-0.15, -0.1) is 0 Å². The van der Waals surface area contributed by atoms with Gasteiger partial charge < -0.3 is 9.47 Å². The van der Waals surface area contributed by atoms with Crippen LogP contribution in [0.2, 0.25) is 5.02 Å². The van der Waals surface area contributed by atoms with Gasteiger partial charge in [-0.3, -0.25) is 4.18 Å². The van der Waals surface area contributed by atoms with Gasteiger partial charge in [0.25, 0.3) is 10.1 Å². The highest BCUT2D eigenvalue weighted by Gasteiger charge is 2.41. The minimum atomic E-state index is -3.91. The SMILES string of the molecule is Cc1ccc(S(=O)(=O)OCC2COC(C)(c3ccc(Cl)cc3F)O2)cc1. The average Bonchev–Trinajstić information content (AvgIpc) is 2.96. The molecule has 1 saturated heterocycles. The van der Waals surface area contributed by atoms with Crippen molar-refractivity contribution in [2.45, 2.75) is 30.6 Å². The minimum absolute atomic E-state index is 0.0634. The molecule has 2 unspecified atom stereocenters. The number of hydrogen-bond acceptors (Lipinski definition) is 5. The van der Waals surface area contributed by atoms with Gasteiger partial charge in [-0.2, -0.15) is 8.42 Å². The van der Waals surface area contributed by atoms with Gasteiger partial charge in [0, 0.05) is 10.6 Å². The molecule has 2 atom stereocenters. The van der Waals surface area contributed by atoms with Crippen LogP contribution in [-0.2, 0) is 29.6 Å². The minimum Gasteiger partial charge on any atom is -0.343 e. The van der Waals surface area contributed by atoms with Crippen LogP contribution in [0.5, 0.6) is 0 Å². The first kappa shape index (κ1) is 19.3. The third-order valence-corrected chi connectivity index (χ3v) is 5.61. The van der Waals surface area contributed by atoms with E-state index in [0.717, 1.165) is 5.56 Å². The standard InChI is InChI=1S/C18H18ClFO5S/c1-12-3-6-15(7-4-12)26(21,22)24-11-14-10-23-18(2,25-14)16-8-5-13(19)9-17(16)20/h3-9,14H,10-11H2,1-2H3.